The lowest BCUT2D eigenvalue weighted by molar-refractivity contribution is -0.0205. The summed E-state index contributed by atoms with van der Waals surface area (Å²) >= 11 is 2.14. The van der Waals surface area contributed by atoms with Crippen molar-refractivity contribution in [2.75, 3.05) is 7.11 Å². The van der Waals surface area contributed by atoms with Crippen LogP contribution in [-0.4, -0.2) is 48.5 Å². The van der Waals surface area contributed by atoms with Crippen LogP contribution in [0.5, 0.6) is 23.0 Å². The van der Waals surface area contributed by atoms with Crippen LogP contribution in [-0.2, 0) is 14.0 Å². The first-order valence-corrected chi connectivity index (χ1v) is 11.0. The smallest absolute Gasteiger partial charge is 0.493 e. The minimum absolute atomic E-state index is 0.0457. The molecular weight excluding hydrogens is 549 g/mol. The summed E-state index contributed by atoms with van der Waals surface area (Å²) in [6.45, 7) is 3.75. The lowest BCUT2D eigenvalue weighted by Gasteiger charge is -2.34. The molecule has 172 valence electrons. The highest BCUT2D eigenvalue weighted by Crippen LogP contribution is 2.37. The Bertz CT molecular complexity index is 1080. The summed E-state index contributed by atoms with van der Waals surface area (Å²) in [4.78, 5) is 23.8. The van der Waals surface area contributed by atoms with Crippen molar-refractivity contribution in [2.45, 2.75) is 30.0 Å². The summed E-state index contributed by atoms with van der Waals surface area (Å²) in [7, 11) is -0.916. The van der Waals surface area contributed by atoms with Gasteiger partial charge in [0.2, 0.25) is 0 Å². The van der Waals surface area contributed by atoms with E-state index >= 15 is 0 Å². The van der Waals surface area contributed by atoms with Gasteiger partial charge in [0.25, 0.3) is 0 Å². The van der Waals surface area contributed by atoms with E-state index in [0.717, 1.165) is 0 Å². The molecule has 0 spiro atoms. The van der Waals surface area contributed by atoms with Crippen molar-refractivity contribution in [1.29, 1.82) is 0 Å². The van der Waals surface area contributed by atoms with Gasteiger partial charge in [0.15, 0.2) is 5.75 Å². The number of halogens is 1. The fourth-order valence-electron chi connectivity index (χ4n) is 3.34. The van der Waals surface area contributed by atoms with Crippen molar-refractivity contribution in [1.82, 2.24) is 0 Å². The van der Waals surface area contributed by atoms with Gasteiger partial charge in [-0.15, -0.1) is 0 Å². The minimum atomic E-state index is -1.21. The standard InChI is InChI=1S/C20H19B2IO10/c1-11-10-20(2,23)33-22(28-11)32-19(26)13-5-6-14(27-3)16(9-13)30-21-29-15-7-4-12(18(24)25)8-17(15)31-21/h4-9,11H,10H2,1-3H3,(H,24,25). The van der Waals surface area contributed by atoms with Gasteiger partial charge in [-0.3, -0.25) is 0 Å². The molecule has 2 unspecified atom stereocenters. The van der Waals surface area contributed by atoms with E-state index in [1.807, 2.05) is 13.8 Å². The molecule has 2 aromatic rings. The number of carboxylic acids is 1. The molecule has 0 saturated carbocycles. The molecular formula is C20H19B2IO10. The third-order valence-electron chi connectivity index (χ3n) is 4.80. The molecule has 10 nitrogen and oxygen atoms in total. The van der Waals surface area contributed by atoms with Crippen LogP contribution in [0.15, 0.2) is 36.4 Å². The topological polar surface area (TPSA) is 119 Å². The number of alkyl halides is 1. The van der Waals surface area contributed by atoms with E-state index in [4.69, 9.17) is 37.8 Å². The van der Waals surface area contributed by atoms with Gasteiger partial charge in [0, 0.05) is 12.5 Å². The van der Waals surface area contributed by atoms with Crippen LogP contribution in [0.2, 0.25) is 0 Å². The Balaban J connectivity index is 1.47. The SMILES string of the molecule is COc1ccc(C(=O)OB2OC(C)CC(C)(I)O2)cc1OB1Oc2ccc(C(=O)O)cc2O1. The van der Waals surface area contributed by atoms with E-state index in [0.29, 0.717) is 17.9 Å². The lowest BCUT2D eigenvalue weighted by atomic mass is 10.0. The Morgan fingerprint density at radius 3 is 2.52 bits per heavy atom. The molecule has 2 aliphatic heterocycles. The average Bonchev–Trinajstić information content (AvgIpc) is 3.13. The molecule has 0 amide bonds. The molecule has 2 atom stereocenters. The number of benzene rings is 2. The molecule has 0 bridgehead atoms. The number of methoxy groups -OCH3 is 1. The van der Waals surface area contributed by atoms with Gasteiger partial charge in [-0.05, 0) is 72.8 Å². The third kappa shape index (κ3) is 5.47. The second kappa shape index (κ2) is 9.31. The van der Waals surface area contributed by atoms with Crippen LogP contribution in [0.1, 0.15) is 41.0 Å². The summed E-state index contributed by atoms with van der Waals surface area (Å²) in [5.41, 5.74) is 0.208. The van der Waals surface area contributed by atoms with Gasteiger partial charge in [0.1, 0.15) is 20.9 Å². The Morgan fingerprint density at radius 1 is 1.09 bits per heavy atom. The second-order valence-electron chi connectivity index (χ2n) is 7.54. The number of carbonyl (C=O) groups excluding carboxylic acids is 1. The summed E-state index contributed by atoms with van der Waals surface area (Å²) in [6.07, 6.45) is 0.507. The largest absolute Gasteiger partial charge is 0.864 e. The normalized spacial score (nSPS) is 21.5. The third-order valence-corrected chi connectivity index (χ3v) is 5.49. The van der Waals surface area contributed by atoms with Crippen LogP contribution in [0.4, 0.5) is 0 Å². The fraction of sp³-hybridized carbons (Fsp3) is 0.300. The maximum absolute atomic E-state index is 12.7. The van der Waals surface area contributed by atoms with Crippen LogP contribution < -0.4 is 18.7 Å². The van der Waals surface area contributed by atoms with E-state index < -0.39 is 30.2 Å². The van der Waals surface area contributed by atoms with Crippen LogP contribution >= 0.6 is 22.6 Å². The van der Waals surface area contributed by atoms with E-state index in [-0.39, 0.29) is 28.7 Å². The van der Waals surface area contributed by atoms with Crippen LogP contribution in [0.3, 0.4) is 0 Å². The van der Waals surface area contributed by atoms with Crippen LogP contribution in [0.25, 0.3) is 0 Å². The molecule has 33 heavy (non-hydrogen) atoms. The highest BCUT2D eigenvalue weighted by Gasteiger charge is 2.43. The van der Waals surface area contributed by atoms with Gasteiger partial charge in [-0.1, -0.05) is 0 Å². The number of rotatable bonds is 6. The Morgan fingerprint density at radius 2 is 1.82 bits per heavy atom. The quantitative estimate of drug-likeness (QED) is 0.316. The van der Waals surface area contributed by atoms with Crippen molar-refractivity contribution < 1.29 is 47.4 Å². The zero-order valence-electron chi connectivity index (χ0n) is 17.9. The second-order valence-corrected chi connectivity index (χ2v) is 9.82. The first kappa shape index (κ1) is 23.5. The minimum Gasteiger partial charge on any atom is -0.493 e. The molecule has 1 fully saturated rings. The zero-order valence-corrected chi connectivity index (χ0v) is 20.1. The molecule has 1 N–H and O–H groups in total. The molecule has 2 aromatic carbocycles. The van der Waals surface area contributed by atoms with Gasteiger partial charge in [-0.25, -0.2) is 9.59 Å². The fourth-order valence-corrected chi connectivity index (χ4v) is 4.17. The zero-order chi connectivity index (χ0) is 23.8. The number of hydrogen-bond donors (Lipinski definition) is 1. The molecule has 0 aromatic heterocycles. The van der Waals surface area contributed by atoms with Crippen molar-refractivity contribution >= 4 is 49.2 Å². The van der Waals surface area contributed by atoms with Gasteiger partial charge in [0.05, 0.1) is 18.2 Å². The van der Waals surface area contributed by atoms with Crippen LogP contribution in [0, 0.1) is 0 Å². The lowest BCUT2D eigenvalue weighted by Crippen LogP contribution is -2.46. The molecule has 0 aliphatic carbocycles. The molecule has 13 heteroatoms. The summed E-state index contributed by atoms with van der Waals surface area (Å²) in [5, 5.41) is 9.12. The van der Waals surface area contributed by atoms with Crippen molar-refractivity contribution in [3.05, 3.63) is 47.5 Å². The number of carboxylic acid groups (broad SMARTS) is 1. The maximum Gasteiger partial charge on any atom is 0.864 e. The van der Waals surface area contributed by atoms with E-state index in [1.54, 1.807) is 0 Å². The number of hydrogen-bond acceptors (Lipinski definition) is 9. The van der Waals surface area contributed by atoms with Gasteiger partial charge >= 0.3 is 26.6 Å². The predicted molar refractivity (Wildman–Crippen MR) is 124 cm³/mol. The average molecular weight is 568 g/mol. The molecule has 2 aliphatic rings. The Labute approximate surface area is 203 Å². The Hall–Kier alpha value is -2.64. The summed E-state index contributed by atoms with van der Waals surface area (Å²) in [6, 6.07) is 8.64. The summed E-state index contributed by atoms with van der Waals surface area (Å²) < 4.78 is 38.2. The molecule has 2 heterocycles. The summed E-state index contributed by atoms with van der Waals surface area (Å²) in [5.74, 6) is -0.766. The molecule has 0 radical (unpaired) electrons. The van der Waals surface area contributed by atoms with Crippen molar-refractivity contribution in [2.24, 2.45) is 0 Å². The van der Waals surface area contributed by atoms with E-state index in [2.05, 4.69) is 22.6 Å². The number of aromatic carboxylic acids is 1. The Kier molecular flexibility index (Phi) is 6.63. The predicted octanol–water partition coefficient (Wildman–Crippen LogP) is 3.35. The molecule has 1 saturated heterocycles. The number of fused-ring (bicyclic) bond motifs is 1. The first-order valence-electron chi connectivity index (χ1n) is 9.92. The molecule has 4 rings (SSSR count). The maximum atomic E-state index is 12.7. The van der Waals surface area contributed by atoms with E-state index in [1.165, 1.54) is 43.5 Å². The number of ether oxygens (including phenoxy) is 1. The van der Waals surface area contributed by atoms with Gasteiger partial charge in [-0.2, -0.15) is 0 Å². The number of carbonyl (C=O) groups is 2. The monoisotopic (exact) mass is 568 g/mol. The highest BCUT2D eigenvalue weighted by atomic mass is 127. The highest BCUT2D eigenvalue weighted by molar-refractivity contribution is 14.1. The van der Waals surface area contributed by atoms with Gasteiger partial charge < -0.3 is 37.8 Å². The van der Waals surface area contributed by atoms with Crippen molar-refractivity contribution in [3.8, 4) is 23.0 Å². The van der Waals surface area contributed by atoms with E-state index in [9.17, 15) is 9.59 Å². The van der Waals surface area contributed by atoms with Crippen molar-refractivity contribution in [3.63, 3.8) is 0 Å². The first-order chi connectivity index (χ1) is 15.6.